The molecule has 1 heterocycles. The van der Waals surface area contributed by atoms with Crippen LogP contribution >= 0.6 is 0 Å². The monoisotopic (exact) mass is 354 g/mol. The van der Waals surface area contributed by atoms with E-state index in [1.54, 1.807) is 6.20 Å². The van der Waals surface area contributed by atoms with Gasteiger partial charge in [0.1, 0.15) is 5.69 Å². The van der Waals surface area contributed by atoms with Crippen LogP contribution in [0.5, 0.6) is 0 Å². The van der Waals surface area contributed by atoms with Crippen molar-refractivity contribution in [1.82, 2.24) is 4.98 Å². The van der Waals surface area contributed by atoms with E-state index in [1.807, 2.05) is 43.4 Å². The molecule has 0 saturated heterocycles. The molecular formula is C21H30N4O. The van der Waals surface area contributed by atoms with Crippen LogP contribution in [0, 0.1) is 0 Å². The number of anilines is 3. The number of nitrogens with zero attached hydrogens (tertiary/aromatic N) is 3. The third-order valence-electron chi connectivity index (χ3n) is 4.52. The molecule has 0 aliphatic heterocycles. The maximum absolute atomic E-state index is 12.5. The Morgan fingerprint density at radius 3 is 2.35 bits per heavy atom. The molecule has 0 radical (unpaired) electrons. The fraction of sp³-hybridized carbons (Fsp3) is 0.429. The summed E-state index contributed by atoms with van der Waals surface area (Å²) >= 11 is 0. The number of carbonyl (C=O) groups excluding carboxylic acids is 1. The Morgan fingerprint density at radius 2 is 1.73 bits per heavy atom. The zero-order valence-corrected chi connectivity index (χ0v) is 16.3. The number of carbonyl (C=O) groups is 1. The standard InChI is InChI=1S/C21H30N4O/c1-5-8-15-24(4)19-13-14-22-20(16-19)21(26)23-17-9-11-18(12-10-17)25(6-2)7-3/h9-14,16H,5-8,15H2,1-4H3,(H,23,26). The third kappa shape index (κ3) is 5.22. The Bertz CT molecular complexity index is 695. The van der Waals surface area contributed by atoms with E-state index in [0.29, 0.717) is 5.69 Å². The molecule has 0 spiro atoms. The van der Waals surface area contributed by atoms with Crippen molar-refractivity contribution in [3.8, 4) is 0 Å². The second kappa shape index (κ2) is 9.80. The van der Waals surface area contributed by atoms with Crippen molar-refractivity contribution in [1.29, 1.82) is 0 Å². The maximum atomic E-state index is 12.5. The minimum atomic E-state index is -0.189. The smallest absolute Gasteiger partial charge is 0.274 e. The zero-order chi connectivity index (χ0) is 18.9. The van der Waals surface area contributed by atoms with E-state index in [4.69, 9.17) is 0 Å². The SMILES string of the molecule is CCCCN(C)c1ccnc(C(=O)Nc2ccc(N(CC)CC)cc2)c1. The number of nitrogens with one attached hydrogen (secondary N) is 1. The van der Waals surface area contributed by atoms with Crippen LogP contribution in [0.25, 0.3) is 0 Å². The zero-order valence-electron chi connectivity index (χ0n) is 16.3. The van der Waals surface area contributed by atoms with Gasteiger partial charge in [0, 0.05) is 49.9 Å². The lowest BCUT2D eigenvalue weighted by Crippen LogP contribution is -2.21. The van der Waals surface area contributed by atoms with Gasteiger partial charge in [0.25, 0.3) is 5.91 Å². The summed E-state index contributed by atoms with van der Waals surface area (Å²) in [6.07, 6.45) is 3.96. The average molecular weight is 354 g/mol. The summed E-state index contributed by atoms with van der Waals surface area (Å²) in [4.78, 5) is 21.2. The highest BCUT2D eigenvalue weighted by Crippen LogP contribution is 2.19. The van der Waals surface area contributed by atoms with E-state index >= 15 is 0 Å². The molecule has 1 aromatic carbocycles. The van der Waals surface area contributed by atoms with E-state index in [1.165, 1.54) is 0 Å². The normalized spacial score (nSPS) is 10.5. The van der Waals surface area contributed by atoms with Crippen molar-refractivity contribution in [3.63, 3.8) is 0 Å². The second-order valence-electron chi connectivity index (χ2n) is 6.35. The Kier molecular flexibility index (Phi) is 7.45. The van der Waals surface area contributed by atoms with E-state index in [2.05, 4.69) is 40.9 Å². The molecule has 1 amide bonds. The highest BCUT2D eigenvalue weighted by Gasteiger charge is 2.11. The first-order chi connectivity index (χ1) is 12.6. The van der Waals surface area contributed by atoms with E-state index < -0.39 is 0 Å². The molecule has 5 heteroatoms. The van der Waals surface area contributed by atoms with Crippen LogP contribution in [0.4, 0.5) is 17.1 Å². The van der Waals surface area contributed by atoms with Gasteiger partial charge in [0.05, 0.1) is 0 Å². The summed E-state index contributed by atoms with van der Waals surface area (Å²) in [5.74, 6) is -0.189. The van der Waals surface area contributed by atoms with Gasteiger partial charge in [-0.05, 0) is 56.7 Å². The largest absolute Gasteiger partial charge is 0.374 e. The highest BCUT2D eigenvalue weighted by molar-refractivity contribution is 6.03. The van der Waals surface area contributed by atoms with Gasteiger partial charge in [-0.25, -0.2) is 0 Å². The molecule has 2 aromatic rings. The van der Waals surface area contributed by atoms with Gasteiger partial charge in [0.15, 0.2) is 0 Å². The molecule has 1 N–H and O–H groups in total. The van der Waals surface area contributed by atoms with Gasteiger partial charge < -0.3 is 15.1 Å². The molecular weight excluding hydrogens is 324 g/mol. The molecule has 26 heavy (non-hydrogen) atoms. The number of amides is 1. The van der Waals surface area contributed by atoms with E-state index in [-0.39, 0.29) is 5.91 Å². The highest BCUT2D eigenvalue weighted by atomic mass is 16.1. The first kappa shape index (κ1) is 19.8. The fourth-order valence-corrected chi connectivity index (χ4v) is 2.84. The fourth-order valence-electron chi connectivity index (χ4n) is 2.84. The molecule has 2 rings (SSSR count). The van der Waals surface area contributed by atoms with Crippen molar-refractivity contribution in [2.75, 3.05) is 41.8 Å². The predicted octanol–water partition coefficient (Wildman–Crippen LogP) is 4.42. The summed E-state index contributed by atoms with van der Waals surface area (Å²) in [7, 11) is 2.04. The number of hydrogen-bond donors (Lipinski definition) is 1. The Morgan fingerprint density at radius 1 is 1.04 bits per heavy atom. The molecule has 1 aromatic heterocycles. The topological polar surface area (TPSA) is 48.5 Å². The van der Waals surface area contributed by atoms with Crippen LogP contribution in [0.3, 0.4) is 0 Å². The van der Waals surface area contributed by atoms with Gasteiger partial charge in [-0.2, -0.15) is 0 Å². The molecule has 0 bridgehead atoms. The number of aromatic nitrogens is 1. The van der Waals surface area contributed by atoms with Gasteiger partial charge in [-0.1, -0.05) is 13.3 Å². The van der Waals surface area contributed by atoms with Gasteiger partial charge in [0.2, 0.25) is 0 Å². The summed E-state index contributed by atoms with van der Waals surface area (Å²) in [5.41, 5.74) is 3.37. The third-order valence-corrected chi connectivity index (χ3v) is 4.52. The van der Waals surface area contributed by atoms with Crippen molar-refractivity contribution >= 4 is 23.0 Å². The van der Waals surface area contributed by atoms with Crippen LogP contribution < -0.4 is 15.1 Å². The molecule has 0 unspecified atom stereocenters. The molecule has 0 fully saturated rings. The Labute approximate surface area is 157 Å². The maximum Gasteiger partial charge on any atom is 0.274 e. The second-order valence-corrected chi connectivity index (χ2v) is 6.35. The number of rotatable bonds is 9. The van der Waals surface area contributed by atoms with Gasteiger partial charge in [-0.15, -0.1) is 0 Å². The van der Waals surface area contributed by atoms with Crippen molar-refractivity contribution in [3.05, 3.63) is 48.3 Å². The summed E-state index contributed by atoms with van der Waals surface area (Å²) in [6.45, 7) is 9.33. The number of pyridine rings is 1. The molecule has 0 atom stereocenters. The first-order valence-corrected chi connectivity index (χ1v) is 9.42. The molecule has 0 aliphatic rings. The van der Waals surface area contributed by atoms with Crippen LogP contribution in [-0.2, 0) is 0 Å². The first-order valence-electron chi connectivity index (χ1n) is 9.42. The lowest BCUT2D eigenvalue weighted by Gasteiger charge is -2.21. The van der Waals surface area contributed by atoms with Gasteiger partial charge >= 0.3 is 0 Å². The number of benzene rings is 1. The van der Waals surface area contributed by atoms with Crippen LogP contribution in [0.2, 0.25) is 0 Å². The number of unbranched alkanes of at least 4 members (excludes halogenated alkanes) is 1. The average Bonchev–Trinajstić information content (AvgIpc) is 2.68. The lowest BCUT2D eigenvalue weighted by atomic mass is 10.2. The van der Waals surface area contributed by atoms with Crippen LogP contribution in [-0.4, -0.2) is 37.6 Å². The number of hydrogen-bond acceptors (Lipinski definition) is 4. The van der Waals surface area contributed by atoms with Crippen molar-refractivity contribution in [2.24, 2.45) is 0 Å². The van der Waals surface area contributed by atoms with E-state index in [9.17, 15) is 4.79 Å². The van der Waals surface area contributed by atoms with Crippen LogP contribution in [0.15, 0.2) is 42.6 Å². The quantitative estimate of drug-likeness (QED) is 0.724. The predicted molar refractivity (Wildman–Crippen MR) is 110 cm³/mol. The molecule has 140 valence electrons. The summed E-state index contributed by atoms with van der Waals surface area (Å²) < 4.78 is 0. The van der Waals surface area contributed by atoms with Crippen molar-refractivity contribution < 1.29 is 4.79 Å². The Hall–Kier alpha value is -2.56. The Balaban J connectivity index is 2.05. The van der Waals surface area contributed by atoms with Crippen LogP contribution in [0.1, 0.15) is 44.1 Å². The summed E-state index contributed by atoms with van der Waals surface area (Å²) in [5, 5.41) is 2.93. The minimum absolute atomic E-state index is 0.189. The van der Waals surface area contributed by atoms with Gasteiger partial charge in [-0.3, -0.25) is 9.78 Å². The molecule has 0 aliphatic carbocycles. The summed E-state index contributed by atoms with van der Waals surface area (Å²) in [6, 6.07) is 11.7. The van der Waals surface area contributed by atoms with E-state index in [0.717, 1.165) is 49.5 Å². The molecule has 0 saturated carbocycles. The van der Waals surface area contributed by atoms with Crippen molar-refractivity contribution in [2.45, 2.75) is 33.6 Å². The minimum Gasteiger partial charge on any atom is -0.374 e. The molecule has 5 nitrogen and oxygen atoms in total. The lowest BCUT2D eigenvalue weighted by molar-refractivity contribution is 0.102.